The third kappa shape index (κ3) is 6.68. The summed E-state index contributed by atoms with van der Waals surface area (Å²) in [6.45, 7) is 0.354. The SMILES string of the molecule is O=C(O)COc1ccc(-c2ccccc2C(=O)Nc2ccc(NCCc3ccccn3)cc2)cc1. The van der Waals surface area contributed by atoms with Crippen molar-refractivity contribution < 1.29 is 19.4 Å². The minimum absolute atomic E-state index is 0.220. The first-order chi connectivity index (χ1) is 17.1. The summed E-state index contributed by atoms with van der Waals surface area (Å²) >= 11 is 0. The second-order valence-corrected chi connectivity index (χ2v) is 7.78. The maximum atomic E-state index is 13.0. The zero-order valence-corrected chi connectivity index (χ0v) is 19.0. The van der Waals surface area contributed by atoms with Gasteiger partial charge in [-0.3, -0.25) is 9.78 Å². The maximum Gasteiger partial charge on any atom is 0.341 e. The highest BCUT2D eigenvalue weighted by Gasteiger charge is 2.13. The van der Waals surface area contributed by atoms with Crippen LogP contribution in [-0.2, 0) is 11.2 Å². The summed E-state index contributed by atoms with van der Waals surface area (Å²) in [5, 5.41) is 15.1. The number of hydrogen-bond donors (Lipinski definition) is 3. The van der Waals surface area contributed by atoms with Crippen LogP contribution in [0.1, 0.15) is 16.1 Å². The number of amides is 1. The number of ether oxygens (including phenoxy) is 1. The Morgan fingerprint density at radius 1 is 0.829 bits per heavy atom. The highest BCUT2D eigenvalue weighted by atomic mass is 16.5. The van der Waals surface area contributed by atoms with E-state index in [1.54, 1.807) is 36.5 Å². The molecule has 0 bridgehead atoms. The zero-order valence-electron chi connectivity index (χ0n) is 19.0. The summed E-state index contributed by atoms with van der Waals surface area (Å²) in [6, 6.07) is 27.7. The lowest BCUT2D eigenvalue weighted by Gasteiger charge is -2.12. The van der Waals surface area contributed by atoms with Crippen LogP contribution >= 0.6 is 0 Å². The summed E-state index contributed by atoms with van der Waals surface area (Å²) < 4.78 is 5.18. The molecule has 4 rings (SSSR count). The van der Waals surface area contributed by atoms with Gasteiger partial charge in [0.25, 0.3) is 5.91 Å². The fourth-order valence-electron chi connectivity index (χ4n) is 3.56. The average molecular weight is 468 g/mol. The third-order valence-corrected chi connectivity index (χ3v) is 5.28. The number of aromatic nitrogens is 1. The van der Waals surface area contributed by atoms with Gasteiger partial charge in [-0.15, -0.1) is 0 Å². The number of carbonyl (C=O) groups is 2. The summed E-state index contributed by atoms with van der Waals surface area (Å²) in [5.41, 5.74) is 4.81. The number of nitrogens with zero attached hydrogens (tertiary/aromatic N) is 1. The van der Waals surface area contributed by atoms with Crippen LogP contribution in [0.3, 0.4) is 0 Å². The lowest BCUT2D eigenvalue weighted by atomic mass is 9.99. The van der Waals surface area contributed by atoms with Crippen LogP contribution in [0.25, 0.3) is 11.1 Å². The summed E-state index contributed by atoms with van der Waals surface area (Å²) in [7, 11) is 0. The van der Waals surface area contributed by atoms with Crippen LogP contribution in [-0.4, -0.2) is 35.1 Å². The van der Waals surface area contributed by atoms with Gasteiger partial charge in [-0.05, 0) is 65.7 Å². The summed E-state index contributed by atoms with van der Waals surface area (Å²) in [5.74, 6) is -0.807. The first-order valence-electron chi connectivity index (χ1n) is 11.2. The molecule has 3 N–H and O–H groups in total. The molecule has 0 saturated heterocycles. The van der Waals surface area contributed by atoms with E-state index < -0.39 is 12.6 Å². The van der Waals surface area contributed by atoms with Crippen LogP contribution in [0.15, 0.2) is 97.2 Å². The Hall–Kier alpha value is -4.65. The van der Waals surface area contributed by atoms with Crippen molar-refractivity contribution in [3.8, 4) is 16.9 Å². The molecule has 0 spiro atoms. The predicted molar refractivity (Wildman–Crippen MR) is 136 cm³/mol. The molecule has 0 atom stereocenters. The molecule has 7 nitrogen and oxygen atoms in total. The second kappa shape index (κ2) is 11.5. The Kier molecular flexibility index (Phi) is 7.70. The number of pyridine rings is 1. The average Bonchev–Trinajstić information content (AvgIpc) is 2.89. The molecule has 0 aliphatic rings. The molecule has 0 saturated carbocycles. The molecule has 4 aromatic rings. The quantitative estimate of drug-likeness (QED) is 0.299. The van der Waals surface area contributed by atoms with E-state index in [0.717, 1.165) is 35.5 Å². The van der Waals surface area contributed by atoms with Gasteiger partial charge >= 0.3 is 5.97 Å². The number of nitrogens with one attached hydrogen (secondary N) is 2. The smallest absolute Gasteiger partial charge is 0.341 e. The predicted octanol–water partition coefficient (Wildman–Crippen LogP) is 5.12. The number of aliphatic carboxylic acids is 1. The molecule has 1 heterocycles. The highest BCUT2D eigenvalue weighted by molar-refractivity contribution is 6.08. The number of benzene rings is 3. The van der Waals surface area contributed by atoms with Gasteiger partial charge in [0.1, 0.15) is 5.75 Å². The first-order valence-corrected chi connectivity index (χ1v) is 11.2. The minimum Gasteiger partial charge on any atom is -0.482 e. The van der Waals surface area contributed by atoms with Crippen LogP contribution < -0.4 is 15.4 Å². The maximum absolute atomic E-state index is 13.0. The minimum atomic E-state index is -1.04. The van der Waals surface area contributed by atoms with Gasteiger partial charge in [-0.1, -0.05) is 36.4 Å². The summed E-state index contributed by atoms with van der Waals surface area (Å²) in [4.78, 5) is 28.0. The Morgan fingerprint density at radius 2 is 1.54 bits per heavy atom. The van der Waals surface area contributed by atoms with Gasteiger partial charge < -0.3 is 20.5 Å². The molecule has 176 valence electrons. The topological polar surface area (TPSA) is 101 Å². The van der Waals surface area contributed by atoms with Crippen molar-refractivity contribution in [2.24, 2.45) is 0 Å². The highest BCUT2D eigenvalue weighted by Crippen LogP contribution is 2.27. The van der Waals surface area contributed by atoms with Crippen molar-refractivity contribution >= 4 is 23.3 Å². The van der Waals surface area contributed by atoms with E-state index in [-0.39, 0.29) is 5.91 Å². The largest absolute Gasteiger partial charge is 0.482 e. The zero-order chi connectivity index (χ0) is 24.5. The molecule has 7 heteroatoms. The van der Waals surface area contributed by atoms with Crippen molar-refractivity contribution in [2.75, 3.05) is 23.8 Å². The molecule has 0 aliphatic carbocycles. The Bertz CT molecular complexity index is 1270. The van der Waals surface area contributed by atoms with Crippen LogP contribution in [0.2, 0.25) is 0 Å². The molecule has 0 unspecified atom stereocenters. The van der Waals surface area contributed by atoms with Crippen LogP contribution in [0, 0.1) is 0 Å². The van der Waals surface area contributed by atoms with Crippen molar-refractivity contribution in [1.29, 1.82) is 0 Å². The molecule has 1 amide bonds. The van der Waals surface area contributed by atoms with Crippen LogP contribution in [0.4, 0.5) is 11.4 Å². The van der Waals surface area contributed by atoms with Gasteiger partial charge in [-0.25, -0.2) is 4.79 Å². The molecule has 3 aromatic carbocycles. The number of anilines is 2. The Morgan fingerprint density at radius 3 is 2.26 bits per heavy atom. The van der Waals surface area contributed by atoms with Gasteiger partial charge in [-0.2, -0.15) is 0 Å². The van der Waals surface area contributed by atoms with Gasteiger partial charge in [0, 0.05) is 41.8 Å². The molecule has 1 aromatic heterocycles. The summed E-state index contributed by atoms with van der Waals surface area (Å²) in [6.07, 6.45) is 2.61. The van der Waals surface area contributed by atoms with E-state index in [1.165, 1.54) is 0 Å². The molecular formula is C28H25N3O4. The first kappa shape index (κ1) is 23.5. The lowest BCUT2D eigenvalue weighted by molar-refractivity contribution is -0.139. The van der Waals surface area contributed by atoms with Crippen LogP contribution in [0.5, 0.6) is 5.75 Å². The number of carboxylic acids is 1. The molecular weight excluding hydrogens is 442 g/mol. The van der Waals surface area contributed by atoms with Crippen molar-refractivity contribution in [1.82, 2.24) is 4.98 Å². The number of rotatable bonds is 10. The van der Waals surface area contributed by atoms with Gasteiger partial charge in [0.05, 0.1) is 0 Å². The van der Waals surface area contributed by atoms with E-state index in [2.05, 4.69) is 15.6 Å². The number of carbonyl (C=O) groups excluding carboxylic acids is 1. The van der Waals surface area contributed by atoms with Crippen molar-refractivity contribution in [3.05, 3.63) is 108 Å². The number of hydrogen-bond acceptors (Lipinski definition) is 5. The fourth-order valence-corrected chi connectivity index (χ4v) is 3.56. The van der Waals surface area contributed by atoms with Gasteiger partial charge in [0.2, 0.25) is 0 Å². The van der Waals surface area contributed by atoms with Gasteiger partial charge in [0.15, 0.2) is 6.61 Å². The third-order valence-electron chi connectivity index (χ3n) is 5.28. The van der Waals surface area contributed by atoms with E-state index in [4.69, 9.17) is 9.84 Å². The van der Waals surface area contributed by atoms with E-state index >= 15 is 0 Å². The van der Waals surface area contributed by atoms with E-state index in [9.17, 15) is 9.59 Å². The Balaban J connectivity index is 1.38. The molecule has 0 fully saturated rings. The van der Waals surface area contributed by atoms with E-state index in [1.807, 2.05) is 60.7 Å². The molecule has 0 aliphatic heterocycles. The second-order valence-electron chi connectivity index (χ2n) is 7.78. The fraction of sp³-hybridized carbons (Fsp3) is 0.107. The van der Waals surface area contributed by atoms with Crippen molar-refractivity contribution in [3.63, 3.8) is 0 Å². The van der Waals surface area contributed by atoms with Crippen molar-refractivity contribution in [2.45, 2.75) is 6.42 Å². The molecule has 0 radical (unpaired) electrons. The monoisotopic (exact) mass is 467 g/mol. The Labute approximate surface area is 203 Å². The molecule has 35 heavy (non-hydrogen) atoms. The lowest BCUT2D eigenvalue weighted by Crippen LogP contribution is -2.13. The standard InChI is InChI=1S/C28H25N3O4/c32-27(33)19-35-24-14-8-20(9-15-24)25-6-1-2-7-26(25)28(34)31-23-12-10-22(11-13-23)30-18-16-21-5-3-4-17-29-21/h1-15,17,30H,16,18-19H2,(H,31,34)(H,32,33). The number of carboxylic acid groups (broad SMARTS) is 1. The normalized spacial score (nSPS) is 10.4. The van der Waals surface area contributed by atoms with E-state index in [0.29, 0.717) is 17.0 Å².